The van der Waals surface area contributed by atoms with Crippen molar-refractivity contribution in [3.8, 4) is 0 Å². The summed E-state index contributed by atoms with van der Waals surface area (Å²) in [4.78, 5) is 0. The molecule has 0 radical (unpaired) electrons. The van der Waals surface area contributed by atoms with Crippen molar-refractivity contribution in [2.75, 3.05) is 13.2 Å². The van der Waals surface area contributed by atoms with Gasteiger partial charge in [-0.05, 0) is 56.9 Å². The smallest absolute Gasteiger partial charge is 0.411 e. The van der Waals surface area contributed by atoms with Crippen molar-refractivity contribution in [1.82, 2.24) is 5.32 Å². The lowest BCUT2D eigenvalue weighted by Gasteiger charge is -2.42. The minimum absolute atomic E-state index is 0.130. The normalized spacial score (nSPS) is 23.5. The largest absolute Gasteiger partial charge is 0.416 e. The van der Waals surface area contributed by atoms with E-state index in [0.29, 0.717) is 30.0 Å². The molecule has 1 aliphatic rings. The number of rotatable bonds is 6. The number of ether oxygens (including phenoxy) is 1. The van der Waals surface area contributed by atoms with Gasteiger partial charge < -0.3 is 15.3 Å². The summed E-state index contributed by atoms with van der Waals surface area (Å²) in [5, 5.41) is 16.0. The van der Waals surface area contributed by atoms with E-state index in [1.54, 1.807) is 26.8 Å². The number of alkyl halides is 3. The second-order valence-electron chi connectivity index (χ2n) is 8.39. The second-order valence-corrected chi connectivity index (χ2v) is 8.39. The summed E-state index contributed by atoms with van der Waals surface area (Å²) in [6, 6.07) is 14.0. The third-order valence-electron chi connectivity index (χ3n) is 6.16. The van der Waals surface area contributed by atoms with Crippen molar-refractivity contribution in [2.24, 2.45) is 11.1 Å². The number of nitrogens with one attached hydrogen (secondary N) is 1. The van der Waals surface area contributed by atoms with Crippen molar-refractivity contribution in [3.63, 3.8) is 0 Å². The molecule has 0 aliphatic carbocycles. The molecule has 1 saturated heterocycles. The molecule has 1 fully saturated rings. The molecular formula is C24H29F3N2O2. The van der Waals surface area contributed by atoms with Gasteiger partial charge in [0.1, 0.15) is 0 Å². The van der Waals surface area contributed by atoms with Crippen molar-refractivity contribution < 1.29 is 23.1 Å². The summed E-state index contributed by atoms with van der Waals surface area (Å²) >= 11 is 0. The van der Waals surface area contributed by atoms with Crippen molar-refractivity contribution >= 4 is 5.71 Å². The van der Waals surface area contributed by atoms with Crippen LogP contribution >= 0.6 is 0 Å². The second kappa shape index (κ2) is 9.40. The van der Waals surface area contributed by atoms with E-state index >= 15 is 0 Å². The van der Waals surface area contributed by atoms with Crippen molar-refractivity contribution in [2.45, 2.75) is 51.4 Å². The first-order chi connectivity index (χ1) is 14.6. The van der Waals surface area contributed by atoms with Gasteiger partial charge in [-0.3, -0.25) is 0 Å². The zero-order valence-electron chi connectivity index (χ0n) is 18.0. The van der Waals surface area contributed by atoms with Crippen LogP contribution in [0.3, 0.4) is 0 Å². The number of halogens is 3. The van der Waals surface area contributed by atoms with E-state index in [2.05, 4.69) is 10.5 Å². The fourth-order valence-corrected chi connectivity index (χ4v) is 4.15. The van der Waals surface area contributed by atoms with Crippen molar-refractivity contribution in [3.05, 3.63) is 70.8 Å². The first-order valence-corrected chi connectivity index (χ1v) is 10.4. The van der Waals surface area contributed by atoms with Gasteiger partial charge in [-0.25, -0.2) is 0 Å². The minimum atomic E-state index is -4.39. The number of aryl methyl sites for hydroxylation is 1. The highest BCUT2D eigenvalue weighted by Crippen LogP contribution is 2.36. The molecule has 3 rings (SSSR count). The molecule has 0 saturated carbocycles. The number of oxime groups is 1. The van der Waals surface area contributed by atoms with E-state index in [0.717, 1.165) is 30.5 Å². The monoisotopic (exact) mass is 434 g/mol. The molecule has 7 heteroatoms. The fraction of sp³-hybridized carbons (Fsp3) is 0.458. The van der Waals surface area contributed by atoms with E-state index in [1.165, 1.54) is 0 Å². The van der Waals surface area contributed by atoms with Crippen LogP contribution in [0, 0.1) is 12.8 Å². The van der Waals surface area contributed by atoms with E-state index < -0.39 is 23.4 Å². The van der Waals surface area contributed by atoms with Crippen LogP contribution in [0.2, 0.25) is 0 Å². The highest BCUT2D eigenvalue weighted by Gasteiger charge is 2.38. The van der Waals surface area contributed by atoms with Crippen LogP contribution in [0.1, 0.15) is 55.0 Å². The molecule has 0 amide bonds. The number of nitrogens with zero attached hydrogens (tertiary/aromatic N) is 1. The molecule has 0 spiro atoms. The molecule has 31 heavy (non-hydrogen) atoms. The van der Waals surface area contributed by atoms with Gasteiger partial charge in [-0.15, -0.1) is 0 Å². The summed E-state index contributed by atoms with van der Waals surface area (Å²) in [7, 11) is 0. The van der Waals surface area contributed by atoms with Gasteiger partial charge in [0.2, 0.25) is 0 Å². The summed E-state index contributed by atoms with van der Waals surface area (Å²) in [6.45, 7) is 6.18. The summed E-state index contributed by atoms with van der Waals surface area (Å²) in [6.07, 6.45) is -3.32. The maximum Gasteiger partial charge on any atom is 0.416 e. The molecule has 168 valence electrons. The quantitative estimate of drug-likeness (QED) is 0.341. The third-order valence-corrected chi connectivity index (χ3v) is 6.16. The van der Waals surface area contributed by atoms with E-state index in [9.17, 15) is 13.2 Å². The molecule has 3 atom stereocenters. The number of hydrogen-bond donors (Lipinski definition) is 2. The van der Waals surface area contributed by atoms with Crippen LogP contribution in [-0.2, 0) is 16.5 Å². The average molecular weight is 435 g/mol. The highest BCUT2D eigenvalue weighted by atomic mass is 19.4. The van der Waals surface area contributed by atoms with E-state index in [-0.39, 0.29) is 5.92 Å². The van der Waals surface area contributed by atoms with Crippen LogP contribution in [-0.4, -0.2) is 24.1 Å². The van der Waals surface area contributed by atoms with Crippen LogP contribution < -0.4 is 5.32 Å². The average Bonchev–Trinajstić information content (AvgIpc) is 2.77. The third kappa shape index (κ3) is 5.46. The Bertz CT molecular complexity index is 905. The summed E-state index contributed by atoms with van der Waals surface area (Å²) in [5.41, 5.74) is 1.69. The molecule has 1 heterocycles. The Morgan fingerprint density at radius 2 is 1.97 bits per heavy atom. The van der Waals surface area contributed by atoms with Gasteiger partial charge in [0.15, 0.2) is 0 Å². The first-order valence-electron chi connectivity index (χ1n) is 10.4. The summed E-state index contributed by atoms with van der Waals surface area (Å²) in [5.74, 6) is 0.130. The molecule has 1 unspecified atom stereocenters. The van der Waals surface area contributed by atoms with Gasteiger partial charge in [0.05, 0.1) is 29.5 Å². The topological polar surface area (TPSA) is 53.9 Å². The lowest BCUT2D eigenvalue weighted by atomic mass is 9.78. The molecular weight excluding hydrogens is 405 g/mol. The number of piperidine rings is 1. The van der Waals surface area contributed by atoms with Gasteiger partial charge in [-0.1, -0.05) is 47.1 Å². The van der Waals surface area contributed by atoms with E-state index in [1.807, 2.05) is 30.3 Å². The molecule has 0 aromatic heterocycles. The zero-order chi connectivity index (χ0) is 22.6. The van der Waals surface area contributed by atoms with Crippen LogP contribution in [0.4, 0.5) is 13.2 Å². The molecule has 1 aliphatic heterocycles. The Labute approximate surface area is 181 Å². The van der Waals surface area contributed by atoms with Crippen molar-refractivity contribution in [1.29, 1.82) is 0 Å². The lowest BCUT2D eigenvalue weighted by molar-refractivity contribution is -0.137. The lowest BCUT2D eigenvalue weighted by Crippen LogP contribution is -2.53. The fourth-order valence-electron chi connectivity index (χ4n) is 4.15. The molecule has 2 N–H and O–H groups in total. The first kappa shape index (κ1) is 23.3. The Kier molecular flexibility index (Phi) is 7.06. The molecule has 2 aromatic rings. The zero-order valence-corrected chi connectivity index (χ0v) is 18.0. The molecule has 0 bridgehead atoms. The van der Waals surface area contributed by atoms with Crippen LogP contribution in [0.15, 0.2) is 53.7 Å². The van der Waals surface area contributed by atoms with Gasteiger partial charge in [0.25, 0.3) is 0 Å². The molecule has 2 aromatic carbocycles. The standard InChI is InChI=1S/C24H29F3N2O2/c1-16-11-20(13-22(12-16)24(25,26)27)18(3)31-15-23(21-7-5-4-6-8-21)10-9-19(14-28-23)17(2)29-30/h4-8,11-13,18-19,28,30H,9-10,14-15H2,1-3H3/b29-17+/t18-,19?,23-/m1/s1. The van der Waals surface area contributed by atoms with Crippen LogP contribution in [0.5, 0.6) is 0 Å². The predicted octanol–water partition coefficient (Wildman–Crippen LogP) is 5.84. The van der Waals surface area contributed by atoms with E-state index in [4.69, 9.17) is 9.94 Å². The SMILES string of the molecule is C/C(=N\O)C1CC[C@@](CO[C@H](C)c2cc(C)cc(C(F)(F)F)c2)(c2ccccc2)NC1. The highest BCUT2D eigenvalue weighted by molar-refractivity contribution is 5.84. The summed E-state index contributed by atoms with van der Waals surface area (Å²) < 4.78 is 45.8. The Morgan fingerprint density at radius 3 is 2.55 bits per heavy atom. The van der Waals surface area contributed by atoms with Crippen LogP contribution in [0.25, 0.3) is 0 Å². The Morgan fingerprint density at radius 1 is 1.26 bits per heavy atom. The minimum Gasteiger partial charge on any atom is -0.411 e. The maximum atomic E-state index is 13.2. The van der Waals surface area contributed by atoms with Gasteiger partial charge in [0, 0.05) is 12.5 Å². The number of benzene rings is 2. The Hall–Kier alpha value is -2.38. The number of hydrogen-bond acceptors (Lipinski definition) is 4. The maximum absolute atomic E-state index is 13.2. The van der Waals surface area contributed by atoms with Gasteiger partial charge in [-0.2, -0.15) is 13.2 Å². The molecule has 4 nitrogen and oxygen atoms in total. The Balaban J connectivity index is 1.80. The predicted molar refractivity (Wildman–Crippen MR) is 114 cm³/mol. The van der Waals surface area contributed by atoms with Gasteiger partial charge >= 0.3 is 6.18 Å².